The van der Waals surface area contributed by atoms with E-state index in [4.69, 9.17) is 5.73 Å². The first-order chi connectivity index (χ1) is 16.6. The van der Waals surface area contributed by atoms with Crippen LogP contribution < -0.4 is 5.73 Å². The molecular weight excluding hydrogens is 446 g/mol. The molecule has 5 N–H and O–H groups in total. The van der Waals surface area contributed by atoms with Gasteiger partial charge in [-0.3, -0.25) is 9.10 Å². The highest BCUT2D eigenvalue weighted by molar-refractivity contribution is 7.97. The minimum atomic E-state index is -0.404. The summed E-state index contributed by atoms with van der Waals surface area (Å²) in [5, 5.41) is 10.8. The van der Waals surface area contributed by atoms with E-state index in [0.717, 1.165) is 86.3 Å². The zero-order valence-corrected chi connectivity index (χ0v) is 20.4. The Labute approximate surface area is 205 Å². The van der Waals surface area contributed by atoms with Crippen LogP contribution in [-0.4, -0.2) is 74.8 Å². The SMILES string of the molecule is NC(=O)c1cc(-c2ccc[nH]2)cc2c(C3CCN(SCCCN4CCC(O)CC4)CC3)c[nH]c12. The van der Waals surface area contributed by atoms with E-state index in [1.54, 1.807) is 0 Å². The molecule has 0 atom stereocenters. The summed E-state index contributed by atoms with van der Waals surface area (Å²) in [6.07, 6.45) is 9.14. The molecule has 3 aromatic rings. The third-order valence-electron chi connectivity index (χ3n) is 7.34. The summed E-state index contributed by atoms with van der Waals surface area (Å²) >= 11 is 1.98. The number of nitrogens with two attached hydrogens (primary N) is 1. The van der Waals surface area contributed by atoms with E-state index in [9.17, 15) is 9.90 Å². The van der Waals surface area contributed by atoms with Gasteiger partial charge in [0.25, 0.3) is 5.91 Å². The number of piperidine rings is 2. The smallest absolute Gasteiger partial charge is 0.250 e. The van der Waals surface area contributed by atoms with Crippen molar-refractivity contribution in [2.45, 2.75) is 44.1 Å². The summed E-state index contributed by atoms with van der Waals surface area (Å²) in [5.41, 5.74) is 10.4. The maximum atomic E-state index is 12.2. The number of nitrogens with zero attached hydrogens (tertiary/aromatic N) is 2. The number of carbonyl (C=O) groups excluding carboxylic acids is 1. The number of benzene rings is 1. The van der Waals surface area contributed by atoms with Crippen LogP contribution in [0.2, 0.25) is 0 Å². The number of primary amides is 1. The van der Waals surface area contributed by atoms with Crippen molar-refractivity contribution in [3.63, 3.8) is 0 Å². The molecule has 2 saturated heterocycles. The number of aromatic nitrogens is 2. The normalized spacial score (nSPS) is 19.2. The lowest BCUT2D eigenvalue weighted by Crippen LogP contribution is -2.36. The summed E-state index contributed by atoms with van der Waals surface area (Å²) in [4.78, 5) is 21.2. The second kappa shape index (κ2) is 10.6. The largest absolute Gasteiger partial charge is 0.393 e. The van der Waals surface area contributed by atoms with Crippen molar-refractivity contribution in [2.24, 2.45) is 5.73 Å². The Morgan fingerprint density at radius 2 is 1.91 bits per heavy atom. The number of fused-ring (bicyclic) bond motifs is 1. The quantitative estimate of drug-likeness (QED) is 0.288. The summed E-state index contributed by atoms with van der Waals surface area (Å²) in [6.45, 7) is 5.36. The number of H-pyrrole nitrogens is 2. The fourth-order valence-electron chi connectivity index (χ4n) is 5.37. The molecule has 182 valence electrons. The Kier molecular flexibility index (Phi) is 7.29. The van der Waals surface area contributed by atoms with Gasteiger partial charge in [0.1, 0.15) is 0 Å². The van der Waals surface area contributed by atoms with E-state index in [1.807, 2.05) is 36.3 Å². The Morgan fingerprint density at radius 3 is 2.62 bits per heavy atom. The van der Waals surface area contributed by atoms with Gasteiger partial charge in [0, 0.05) is 55.4 Å². The molecule has 7 nitrogen and oxygen atoms in total. The van der Waals surface area contributed by atoms with Crippen molar-refractivity contribution in [3.05, 3.63) is 47.8 Å². The van der Waals surface area contributed by atoms with E-state index < -0.39 is 5.91 Å². The predicted octanol–water partition coefficient (Wildman–Crippen LogP) is 3.94. The first kappa shape index (κ1) is 23.5. The maximum Gasteiger partial charge on any atom is 0.250 e. The molecule has 0 aliphatic carbocycles. The molecule has 0 saturated carbocycles. The van der Waals surface area contributed by atoms with Crippen LogP contribution in [0.3, 0.4) is 0 Å². The van der Waals surface area contributed by atoms with Crippen LogP contribution >= 0.6 is 11.9 Å². The van der Waals surface area contributed by atoms with Gasteiger partial charge in [0.2, 0.25) is 0 Å². The van der Waals surface area contributed by atoms with E-state index in [0.29, 0.717) is 11.5 Å². The third-order valence-corrected chi connectivity index (χ3v) is 8.54. The van der Waals surface area contributed by atoms with Crippen molar-refractivity contribution in [1.29, 1.82) is 0 Å². The number of rotatable bonds is 8. The van der Waals surface area contributed by atoms with Crippen LogP contribution in [0.15, 0.2) is 36.7 Å². The average Bonchev–Trinajstić information content (AvgIpc) is 3.53. The highest BCUT2D eigenvalue weighted by atomic mass is 32.2. The molecule has 2 aromatic heterocycles. The highest BCUT2D eigenvalue weighted by Crippen LogP contribution is 2.37. The number of carbonyl (C=O) groups is 1. The Morgan fingerprint density at radius 1 is 1.12 bits per heavy atom. The number of hydrogen-bond donors (Lipinski definition) is 4. The van der Waals surface area contributed by atoms with Crippen molar-refractivity contribution < 1.29 is 9.90 Å². The van der Waals surface area contributed by atoms with Crippen LogP contribution in [0.4, 0.5) is 0 Å². The van der Waals surface area contributed by atoms with Gasteiger partial charge in [0.15, 0.2) is 0 Å². The summed E-state index contributed by atoms with van der Waals surface area (Å²) in [5.74, 6) is 1.22. The molecule has 2 aliphatic rings. The zero-order chi connectivity index (χ0) is 23.5. The second-order valence-electron chi connectivity index (χ2n) is 9.60. The molecule has 1 aromatic carbocycles. The molecule has 2 aliphatic heterocycles. The summed E-state index contributed by atoms with van der Waals surface area (Å²) in [6, 6.07) is 8.04. The lowest BCUT2D eigenvalue weighted by molar-refractivity contribution is 0.0828. The van der Waals surface area contributed by atoms with Gasteiger partial charge >= 0.3 is 0 Å². The van der Waals surface area contributed by atoms with Gasteiger partial charge in [-0.15, -0.1) is 0 Å². The fraction of sp³-hybridized carbons (Fsp3) is 0.500. The number of nitrogens with one attached hydrogen (secondary N) is 2. The predicted molar refractivity (Wildman–Crippen MR) is 139 cm³/mol. The zero-order valence-electron chi connectivity index (χ0n) is 19.6. The van der Waals surface area contributed by atoms with Crippen molar-refractivity contribution >= 4 is 28.8 Å². The topological polar surface area (TPSA) is 101 Å². The second-order valence-corrected chi connectivity index (χ2v) is 10.8. The van der Waals surface area contributed by atoms with E-state index in [-0.39, 0.29) is 6.10 Å². The third kappa shape index (κ3) is 5.20. The molecule has 4 heterocycles. The number of hydrogen-bond acceptors (Lipinski definition) is 5. The Balaban J connectivity index is 1.19. The number of aliphatic hydroxyl groups is 1. The van der Waals surface area contributed by atoms with Crippen molar-refractivity contribution in [2.75, 3.05) is 38.5 Å². The highest BCUT2D eigenvalue weighted by Gasteiger charge is 2.25. The van der Waals surface area contributed by atoms with Gasteiger partial charge in [0.05, 0.1) is 17.2 Å². The standard InChI is InChI=1S/C26H35N5O2S/c27-26(33)22-16-19(24-3-1-8-28-24)15-21-23(17-29-25(21)22)18-4-12-31(13-5-18)34-14-2-9-30-10-6-20(32)7-11-30/h1,3,8,15-18,20,28-29,32H,2,4-7,9-14H2,(H2,27,33). The fourth-order valence-corrected chi connectivity index (χ4v) is 6.36. The monoisotopic (exact) mass is 481 g/mol. The van der Waals surface area contributed by atoms with Gasteiger partial charge in [-0.25, -0.2) is 0 Å². The first-order valence-corrected chi connectivity index (χ1v) is 13.4. The summed E-state index contributed by atoms with van der Waals surface area (Å²) < 4.78 is 2.52. The Bertz CT molecular complexity index is 1100. The van der Waals surface area contributed by atoms with E-state index in [2.05, 4.69) is 31.4 Å². The molecule has 2 fully saturated rings. The Hall–Kier alpha value is -2.26. The van der Waals surface area contributed by atoms with Crippen LogP contribution in [0.5, 0.6) is 0 Å². The van der Waals surface area contributed by atoms with Gasteiger partial charge in [-0.1, -0.05) is 11.9 Å². The van der Waals surface area contributed by atoms with Gasteiger partial charge in [-0.05, 0) is 80.0 Å². The first-order valence-electron chi connectivity index (χ1n) is 12.5. The number of amides is 1. The van der Waals surface area contributed by atoms with Crippen LogP contribution in [0.1, 0.15) is 53.9 Å². The number of aromatic amines is 2. The molecule has 0 radical (unpaired) electrons. The molecule has 0 spiro atoms. The molecule has 34 heavy (non-hydrogen) atoms. The molecular formula is C26H35N5O2S. The minimum absolute atomic E-state index is 0.0912. The molecule has 0 unspecified atom stereocenters. The van der Waals surface area contributed by atoms with Crippen LogP contribution in [0, 0.1) is 0 Å². The molecule has 1 amide bonds. The van der Waals surface area contributed by atoms with Crippen molar-refractivity contribution in [3.8, 4) is 11.3 Å². The van der Waals surface area contributed by atoms with Crippen LogP contribution in [0.25, 0.3) is 22.2 Å². The van der Waals surface area contributed by atoms with Gasteiger partial charge < -0.3 is 25.7 Å². The van der Waals surface area contributed by atoms with Crippen LogP contribution in [-0.2, 0) is 0 Å². The summed E-state index contributed by atoms with van der Waals surface area (Å²) in [7, 11) is 0. The van der Waals surface area contributed by atoms with Crippen molar-refractivity contribution in [1.82, 2.24) is 19.2 Å². The van der Waals surface area contributed by atoms with E-state index in [1.165, 1.54) is 12.0 Å². The molecule has 5 rings (SSSR count). The lowest BCUT2D eigenvalue weighted by Gasteiger charge is -2.32. The minimum Gasteiger partial charge on any atom is -0.393 e. The lowest BCUT2D eigenvalue weighted by atomic mass is 9.89. The molecule has 8 heteroatoms. The average molecular weight is 482 g/mol. The maximum absolute atomic E-state index is 12.2. The molecule has 0 bridgehead atoms. The van der Waals surface area contributed by atoms with Gasteiger partial charge in [-0.2, -0.15) is 0 Å². The number of likely N-dealkylation sites (tertiary alicyclic amines) is 1. The van der Waals surface area contributed by atoms with E-state index >= 15 is 0 Å². The number of aliphatic hydroxyl groups excluding tert-OH is 1.